The summed E-state index contributed by atoms with van der Waals surface area (Å²) in [5.41, 5.74) is 3.78. The van der Waals surface area contributed by atoms with Crippen LogP contribution in [0.1, 0.15) is 58.4 Å². The lowest BCUT2D eigenvalue weighted by Gasteiger charge is -2.39. The first-order chi connectivity index (χ1) is 16.3. The fourth-order valence-corrected chi connectivity index (χ4v) is 5.54. The third kappa shape index (κ3) is 5.46. The third-order valence-corrected chi connectivity index (χ3v) is 7.56. The zero-order valence-electron chi connectivity index (χ0n) is 20.5. The lowest BCUT2D eigenvalue weighted by molar-refractivity contribution is -0.138. The molecule has 4 rings (SSSR count). The summed E-state index contributed by atoms with van der Waals surface area (Å²) < 4.78 is 1.96. The Bertz CT molecular complexity index is 1150. The van der Waals surface area contributed by atoms with E-state index in [1.807, 2.05) is 58.0 Å². The number of amides is 2. The minimum absolute atomic E-state index is 0.0921. The fourth-order valence-electron chi connectivity index (χ4n) is 4.72. The molecular formula is C27H34N4O2S. The summed E-state index contributed by atoms with van der Waals surface area (Å²) in [6.07, 6.45) is 3.25. The maximum Gasteiger partial charge on any atom is 0.243 e. The molecule has 2 heterocycles. The second kappa shape index (κ2) is 10.6. The topological polar surface area (TPSA) is 67.2 Å². The number of para-hydroxylation sites is 2. The molecule has 6 nitrogen and oxygen atoms in total. The van der Waals surface area contributed by atoms with E-state index in [0.29, 0.717) is 11.1 Å². The number of fused-ring (bicyclic) bond motifs is 1. The molecule has 0 unspecified atom stereocenters. The monoisotopic (exact) mass is 478 g/mol. The summed E-state index contributed by atoms with van der Waals surface area (Å²) in [7, 11) is 0. The van der Waals surface area contributed by atoms with Gasteiger partial charge < -0.3 is 14.8 Å². The van der Waals surface area contributed by atoms with Crippen molar-refractivity contribution in [2.45, 2.75) is 76.7 Å². The fraction of sp³-hybridized carbons (Fsp3) is 0.444. The van der Waals surface area contributed by atoms with E-state index in [0.717, 1.165) is 36.0 Å². The molecule has 0 radical (unpaired) electrons. The Labute approximate surface area is 206 Å². The average Bonchev–Trinajstić information content (AvgIpc) is 3.15. The standard InChI is InChI=1S/C27H34N4O2S/c1-18(2)21-12-14-22(15-13-21)28-25(32)17-34-27-29-23-10-5-6-11-24(23)30(27)16-26(33)31-19(3)8-7-9-20(31)4/h5-6,10-15,18-20H,7-9,16-17H2,1-4H3,(H,28,32)/t19-,20+. The Morgan fingerprint density at radius 1 is 1.06 bits per heavy atom. The van der Waals surface area contributed by atoms with Crippen LogP contribution in [0.2, 0.25) is 0 Å². The van der Waals surface area contributed by atoms with E-state index >= 15 is 0 Å². The molecule has 2 atom stereocenters. The lowest BCUT2D eigenvalue weighted by Crippen LogP contribution is -2.48. The first-order valence-corrected chi connectivity index (χ1v) is 13.1. The maximum atomic E-state index is 13.3. The first kappa shape index (κ1) is 24.3. The van der Waals surface area contributed by atoms with Gasteiger partial charge in [0.05, 0.1) is 16.8 Å². The van der Waals surface area contributed by atoms with Crippen LogP contribution in [0.3, 0.4) is 0 Å². The van der Waals surface area contributed by atoms with E-state index in [1.165, 1.54) is 17.3 Å². The second-order valence-electron chi connectivity index (χ2n) is 9.51. The van der Waals surface area contributed by atoms with Crippen molar-refractivity contribution in [1.29, 1.82) is 0 Å². The predicted molar refractivity (Wildman–Crippen MR) is 139 cm³/mol. The molecule has 34 heavy (non-hydrogen) atoms. The van der Waals surface area contributed by atoms with Gasteiger partial charge in [0.25, 0.3) is 0 Å². The van der Waals surface area contributed by atoms with Crippen LogP contribution < -0.4 is 5.32 Å². The van der Waals surface area contributed by atoms with Crippen molar-refractivity contribution >= 4 is 40.3 Å². The molecule has 7 heteroatoms. The number of carbonyl (C=O) groups is 2. The molecular weight excluding hydrogens is 444 g/mol. The Balaban J connectivity index is 1.47. The quantitative estimate of drug-likeness (QED) is 0.444. The number of carbonyl (C=O) groups excluding carboxylic acids is 2. The number of anilines is 1. The minimum Gasteiger partial charge on any atom is -0.336 e. The number of nitrogens with zero attached hydrogens (tertiary/aromatic N) is 3. The van der Waals surface area contributed by atoms with E-state index in [9.17, 15) is 9.59 Å². The number of piperidine rings is 1. The van der Waals surface area contributed by atoms with Gasteiger partial charge in [-0.2, -0.15) is 0 Å². The second-order valence-corrected chi connectivity index (χ2v) is 10.5. The smallest absolute Gasteiger partial charge is 0.243 e. The summed E-state index contributed by atoms with van der Waals surface area (Å²) in [5.74, 6) is 0.691. The number of imidazole rings is 1. The molecule has 1 aromatic heterocycles. The molecule has 3 aromatic rings. The van der Waals surface area contributed by atoms with Crippen LogP contribution in [0.4, 0.5) is 5.69 Å². The molecule has 1 saturated heterocycles. The van der Waals surface area contributed by atoms with Crippen molar-refractivity contribution in [3.63, 3.8) is 0 Å². The van der Waals surface area contributed by atoms with Crippen molar-refractivity contribution in [2.24, 2.45) is 0 Å². The number of nitrogens with one attached hydrogen (secondary N) is 1. The van der Waals surface area contributed by atoms with Gasteiger partial charge in [-0.15, -0.1) is 0 Å². The van der Waals surface area contributed by atoms with Gasteiger partial charge in [0.15, 0.2) is 5.16 Å². The van der Waals surface area contributed by atoms with Crippen LogP contribution in [-0.2, 0) is 16.1 Å². The van der Waals surface area contributed by atoms with Crippen molar-refractivity contribution in [3.8, 4) is 0 Å². The van der Waals surface area contributed by atoms with Gasteiger partial charge in [0, 0.05) is 17.8 Å². The highest BCUT2D eigenvalue weighted by Gasteiger charge is 2.29. The highest BCUT2D eigenvalue weighted by atomic mass is 32.2. The summed E-state index contributed by atoms with van der Waals surface area (Å²) in [6, 6.07) is 16.3. The van der Waals surface area contributed by atoms with E-state index < -0.39 is 0 Å². The van der Waals surface area contributed by atoms with Crippen molar-refractivity contribution in [3.05, 3.63) is 54.1 Å². The van der Waals surface area contributed by atoms with Gasteiger partial charge in [0.2, 0.25) is 11.8 Å². The molecule has 0 spiro atoms. The number of aromatic nitrogens is 2. The molecule has 1 aliphatic rings. The van der Waals surface area contributed by atoms with Gasteiger partial charge >= 0.3 is 0 Å². The number of thioether (sulfide) groups is 1. The van der Waals surface area contributed by atoms with Crippen molar-refractivity contribution in [1.82, 2.24) is 14.5 Å². The Kier molecular flexibility index (Phi) is 7.61. The summed E-state index contributed by atoms with van der Waals surface area (Å²) >= 11 is 1.37. The maximum absolute atomic E-state index is 13.3. The number of hydrogen-bond acceptors (Lipinski definition) is 4. The molecule has 0 saturated carbocycles. The summed E-state index contributed by atoms with van der Waals surface area (Å²) in [5, 5.41) is 3.66. The molecule has 2 aromatic carbocycles. The zero-order valence-corrected chi connectivity index (χ0v) is 21.3. The number of rotatable bonds is 7. The Morgan fingerprint density at radius 2 is 1.74 bits per heavy atom. The predicted octanol–water partition coefficient (Wildman–Crippen LogP) is 5.68. The minimum atomic E-state index is -0.0921. The van der Waals surface area contributed by atoms with Crippen molar-refractivity contribution in [2.75, 3.05) is 11.1 Å². The highest BCUT2D eigenvalue weighted by molar-refractivity contribution is 7.99. The largest absolute Gasteiger partial charge is 0.336 e. The van der Waals surface area contributed by atoms with Crippen LogP contribution in [0.15, 0.2) is 53.7 Å². The van der Waals surface area contributed by atoms with Gasteiger partial charge in [-0.25, -0.2) is 4.98 Å². The molecule has 1 aliphatic heterocycles. The Hall–Kier alpha value is -2.80. The normalized spacial score (nSPS) is 18.4. The zero-order chi connectivity index (χ0) is 24.2. The van der Waals surface area contributed by atoms with Crippen LogP contribution in [0, 0.1) is 0 Å². The number of benzene rings is 2. The summed E-state index contributed by atoms with van der Waals surface area (Å²) in [4.78, 5) is 32.7. The SMILES string of the molecule is CC(C)c1ccc(NC(=O)CSc2nc3ccccc3n2CC(=O)N2[C@H](C)CCC[C@@H]2C)cc1. The molecule has 0 aliphatic carbocycles. The van der Waals surface area contributed by atoms with Gasteiger partial charge in [-0.1, -0.05) is 49.9 Å². The number of hydrogen-bond donors (Lipinski definition) is 1. The highest BCUT2D eigenvalue weighted by Crippen LogP contribution is 2.27. The lowest BCUT2D eigenvalue weighted by atomic mass is 9.97. The van der Waals surface area contributed by atoms with E-state index in [1.54, 1.807) is 0 Å². The molecule has 180 valence electrons. The van der Waals surface area contributed by atoms with E-state index in [-0.39, 0.29) is 36.2 Å². The van der Waals surface area contributed by atoms with Crippen LogP contribution in [-0.4, -0.2) is 44.1 Å². The first-order valence-electron chi connectivity index (χ1n) is 12.1. The molecule has 0 bridgehead atoms. The van der Waals surface area contributed by atoms with Crippen LogP contribution in [0.5, 0.6) is 0 Å². The molecule has 2 amide bonds. The average molecular weight is 479 g/mol. The van der Waals surface area contributed by atoms with Gasteiger partial charge in [-0.05, 0) is 68.9 Å². The van der Waals surface area contributed by atoms with E-state index in [2.05, 4.69) is 33.0 Å². The third-order valence-electron chi connectivity index (χ3n) is 6.59. The summed E-state index contributed by atoms with van der Waals surface area (Å²) in [6.45, 7) is 8.79. The van der Waals surface area contributed by atoms with Gasteiger partial charge in [-0.3, -0.25) is 9.59 Å². The van der Waals surface area contributed by atoms with Gasteiger partial charge in [0.1, 0.15) is 6.54 Å². The van der Waals surface area contributed by atoms with Crippen LogP contribution >= 0.6 is 11.8 Å². The molecule has 1 fully saturated rings. The van der Waals surface area contributed by atoms with Crippen LogP contribution in [0.25, 0.3) is 11.0 Å². The Morgan fingerprint density at radius 3 is 2.41 bits per heavy atom. The van der Waals surface area contributed by atoms with Crippen molar-refractivity contribution < 1.29 is 9.59 Å². The molecule has 1 N–H and O–H groups in total. The number of likely N-dealkylation sites (tertiary alicyclic amines) is 1. The van der Waals surface area contributed by atoms with E-state index in [4.69, 9.17) is 4.98 Å².